The highest BCUT2D eigenvalue weighted by atomic mass is 32.1. The Morgan fingerprint density at radius 3 is 1.06 bits per heavy atom. The first kappa shape index (κ1) is 40.8. The van der Waals surface area contributed by atoms with Crippen LogP contribution in [0.15, 0.2) is 72.8 Å². The fourth-order valence-electron chi connectivity index (χ4n) is 7.07. The molecule has 0 unspecified atom stereocenters. The van der Waals surface area contributed by atoms with Crippen molar-refractivity contribution >= 4 is 60.0 Å². The average molecular weight is 741 g/mol. The maximum absolute atomic E-state index is 2.57. The highest BCUT2D eigenvalue weighted by Gasteiger charge is 2.26. The molecule has 0 N–H and O–H groups in total. The lowest BCUT2D eigenvalue weighted by molar-refractivity contribution is 0.584. The van der Waals surface area contributed by atoms with Crippen molar-refractivity contribution in [3.63, 3.8) is 0 Å². The van der Waals surface area contributed by atoms with E-state index in [0.29, 0.717) is 0 Å². The van der Waals surface area contributed by atoms with Crippen molar-refractivity contribution in [3.05, 3.63) is 83.9 Å². The number of benzene rings is 2. The Kier molecular flexibility index (Phi) is 17.6. The number of hydrogen-bond acceptors (Lipinski definition) is 2. The molecule has 0 aliphatic heterocycles. The Labute approximate surface area is 317 Å². The van der Waals surface area contributed by atoms with Gasteiger partial charge in [0.1, 0.15) is 0 Å². The molecule has 2 aromatic heterocycles. The smallest absolute Gasteiger partial charge is 0.0934 e. The number of unbranched alkanes of at least 4 members (excludes halogenated alkanes) is 14. The van der Waals surface area contributed by atoms with E-state index in [9.17, 15) is 0 Å². The predicted octanol–water partition coefficient (Wildman–Crippen LogP) is 15.4. The largest absolute Gasteiger partial charge is 0.145 e. The van der Waals surface area contributed by atoms with Gasteiger partial charge in [-0.25, -0.2) is 0 Å². The topological polar surface area (TPSA) is 0 Å². The van der Waals surface area contributed by atoms with Crippen LogP contribution < -0.4 is 9.00 Å². The molecule has 4 heteroatoms. The van der Waals surface area contributed by atoms with Crippen molar-refractivity contribution in [3.8, 4) is 20.9 Å². The van der Waals surface area contributed by atoms with Crippen LogP contribution in [0.25, 0.3) is 33.0 Å². The molecule has 0 atom stereocenters. The molecule has 0 aliphatic carbocycles. The molecule has 50 heavy (non-hydrogen) atoms. The fourth-order valence-corrected chi connectivity index (χ4v) is 15.9. The number of rotatable bonds is 24. The highest BCUT2D eigenvalue weighted by molar-refractivity contribution is 7.29. The van der Waals surface area contributed by atoms with E-state index < -0.39 is 16.1 Å². The van der Waals surface area contributed by atoms with E-state index in [-0.39, 0.29) is 0 Å². The summed E-state index contributed by atoms with van der Waals surface area (Å²) in [6.45, 7) is 14.9. The van der Waals surface area contributed by atoms with E-state index in [1.807, 2.05) is 22.7 Å². The molecule has 2 aromatic carbocycles. The quantitative estimate of drug-likeness (QED) is 0.0381. The van der Waals surface area contributed by atoms with Gasteiger partial charge in [-0.05, 0) is 43.4 Å². The molecule has 0 nitrogen and oxygen atoms in total. The zero-order chi connectivity index (χ0) is 35.7. The fraction of sp³-hybridized carbons (Fsp3) is 0.522. The van der Waals surface area contributed by atoms with Crippen LogP contribution in [-0.2, 0) is 0 Å². The van der Waals surface area contributed by atoms with Crippen molar-refractivity contribution in [1.29, 1.82) is 0 Å². The summed E-state index contributed by atoms with van der Waals surface area (Å²) in [6.07, 6.45) is 27.0. The van der Waals surface area contributed by atoms with Crippen LogP contribution in [0.5, 0.6) is 0 Å². The number of thiophene rings is 2. The summed E-state index contributed by atoms with van der Waals surface area (Å²) in [7, 11) is -2.74. The van der Waals surface area contributed by atoms with E-state index in [1.165, 1.54) is 147 Å². The summed E-state index contributed by atoms with van der Waals surface area (Å²) < 4.78 is 3.32. The van der Waals surface area contributed by atoms with Gasteiger partial charge in [0.25, 0.3) is 0 Å². The minimum absolute atomic E-state index is 1.26. The molecule has 4 aromatic rings. The molecule has 0 bridgehead atoms. The lowest BCUT2D eigenvalue weighted by Crippen LogP contribution is -2.38. The van der Waals surface area contributed by atoms with E-state index in [1.54, 1.807) is 9.00 Å². The molecular formula is C46H68S2Si2. The lowest BCUT2D eigenvalue weighted by Gasteiger charge is -2.20. The van der Waals surface area contributed by atoms with Crippen LogP contribution in [-0.4, -0.2) is 16.1 Å². The van der Waals surface area contributed by atoms with Gasteiger partial charge in [0.05, 0.1) is 16.1 Å². The van der Waals surface area contributed by atoms with Gasteiger partial charge in [-0.2, -0.15) is 0 Å². The molecule has 272 valence electrons. The minimum Gasteiger partial charge on any atom is -0.145 e. The third-order valence-electron chi connectivity index (χ3n) is 10.7. The highest BCUT2D eigenvalue weighted by Crippen LogP contribution is 2.30. The zero-order valence-electron chi connectivity index (χ0n) is 32.6. The third-order valence-corrected chi connectivity index (χ3v) is 22.7. The van der Waals surface area contributed by atoms with Crippen molar-refractivity contribution in [2.45, 2.75) is 155 Å². The van der Waals surface area contributed by atoms with Gasteiger partial charge in [-0.3, -0.25) is 0 Å². The van der Waals surface area contributed by atoms with E-state index in [0.717, 1.165) is 0 Å². The Hall–Kier alpha value is -1.99. The lowest BCUT2D eigenvalue weighted by atomic mass is 10.1. The third kappa shape index (κ3) is 13.5. The first-order valence-electron chi connectivity index (χ1n) is 20.3. The van der Waals surface area contributed by atoms with Gasteiger partial charge in [0, 0.05) is 9.75 Å². The molecule has 0 saturated heterocycles. The van der Waals surface area contributed by atoms with Gasteiger partial charge >= 0.3 is 0 Å². The SMILES string of the molecule is CCCCCCCCCC[Si](C)(C)c1ccc(-c2ccc(C=Cc3ccc(-c4ccc([Si](C)(C)CCCCCCCCCC)s4)cc3)cc2)s1. The maximum atomic E-state index is 2.57. The van der Waals surface area contributed by atoms with Gasteiger partial charge in [0.15, 0.2) is 0 Å². The second kappa shape index (κ2) is 21.5. The first-order valence-corrected chi connectivity index (χ1v) is 28.4. The Bertz CT molecular complexity index is 1410. The van der Waals surface area contributed by atoms with Crippen LogP contribution in [0.2, 0.25) is 38.3 Å². The second-order valence-corrected chi connectivity index (χ2v) is 28.6. The molecule has 0 radical (unpaired) electrons. The molecule has 0 aliphatic rings. The minimum atomic E-state index is -1.37. The van der Waals surface area contributed by atoms with E-state index >= 15 is 0 Å². The summed E-state index contributed by atoms with van der Waals surface area (Å²) in [6, 6.07) is 30.8. The van der Waals surface area contributed by atoms with E-state index in [2.05, 4.69) is 125 Å². The standard InChI is InChI=1S/C46H68S2Si2/c1-7-9-11-13-15-17-19-21-37-49(3,4)45-35-33-43(47-45)41-29-25-39(26-30-41)23-24-40-27-31-42(32-28-40)44-34-36-46(48-44)50(5,6)38-22-20-18-16-14-12-10-8-2/h23-36H,7-22,37-38H2,1-6H3. The van der Waals surface area contributed by atoms with E-state index in [4.69, 9.17) is 0 Å². The Morgan fingerprint density at radius 2 is 0.720 bits per heavy atom. The van der Waals surface area contributed by atoms with Gasteiger partial charge < -0.3 is 0 Å². The van der Waals surface area contributed by atoms with Crippen LogP contribution in [0.3, 0.4) is 0 Å². The van der Waals surface area contributed by atoms with Crippen LogP contribution >= 0.6 is 22.7 Å². The van der Waals surface area contributed by atoms with Crippen LogP contribution in [0, 0.1) is 0 Å². The zero-order valence-corrected chi connectivity index (χ0v) is 36.3. The molecule has 0 fully saturated rings. The normalized spacial score (nSPS) is 12.4. The average Bonchev–Trinajstić information content (AvgIpc) is 3.83. The molecule has 0 saturated carbocycles. The second-order valence-electron chi connectivity index (χ2n) is 16.1. The van der Waals surface area contributed by atoms with Gasteiger partial charge in [0.2, 0.25) is 0 Å². The van der Waals surface area contributed by atoms with Crippen molar-refractivity contribution < 1.29 is 0 Å². The van der Waals surface area contributed by atoms with Crippen LogP contribution in [0.1, 0.15) is 128 Å². The van der Waals surface area contributed by atoms with Crippen molar-refractivity contribution in [1.82, 2.24) is 0 Å². The van der Waals surface area contributed by atoms with Crippen molar-refractivity contribution in [2.24, 2.45) is 0 Å². The summed E-state index contributed by atoms with van der Waals surface area (Å²) in [5.41, 5.74) is 5.20. The summed E-state index contributed by atoms with van der Waals surface area (Å²) in [4.78, 5) is 2.83. The summed E-state index contributed by atoms with van der Waals surface area (Å²) in [5, 5.41) is 0. The Balaban J connectivity index is 1.23. The molecule has 2 heterocycles. The maximum Gasteiger partial charge on any atom is 0.0934 e. The molecule has 0 amide bonds. The van der Waals surface area contributed by atoms with Gasteiger partial charge in [-0.1, -0.05) is 228 Å². The molecule has 4 rings (SSSR count). The monoisotopic (exact) mass is 740 g/mol. The first-order chi connectivity index (χ1) is 24.2. The van der Waals surface area contributed by atoms with Crippen LogP contribution in [0.4, 0.5) is 0 Å². The number of hydrogen-bond donors (Lipinski definition) is 0. The van der Waals surface area contributed by atoms with Gasteiger partial charge in [-0.15, -0.1) is 22.7 Å². The summed E-state index contributed by atoms with van der Waals surface area (Å²) >= 11 is 4.09. The Morgan fingerprint density at radius 1 is 0.400 bits per heavy atom. The van der Waals surface area contributed by atoms with Crippen molar-refractivity contribution in [2.75, 3.05) is 0 Å². The molecule has 0 spiro atoms. The molecular weight excluding hydrogens is 673 g/mol. The summed E-state index contributed by atoms with van der Waals surface area (Å²) in [5.74, 6) is 0. The predicted molar refractivity (Wildman–Crippen MR) is 238 cm³/mol.